The largest absolute Gasteiger partial charge is 0.310 e. The van der Waals surface area contributed by atoms with Crippen LogP contribution in [0.1, 0.15) is 122 Å². The third kappa shape index (κ3) is 11.1. The van der Waals surface area contributed by atoms with Gasteiger partial charge in [-0.05, 0) is 229 Å². The Morgan fingerprint density at radius 1 is 0.167 bits per heavy atom. The Balaban J connectivity index is 0.523. The summed E-state index contributed by atoms with van der Waals surface area (Å²) in [5, 5.41) is 0. The molecular weight excluding hydrogens is 1300 g/mol. The molecule has 0 amide bonds. The summed E-state index contributed by atoms with van der Waals surface area (Å²) in [4.78, 5) is 4.92. The van der Waals surface area contributed by atoms with Crippen molar-refractivity contribution in [3.8, 4) is 89.0 Å². The second-order valence-corrected chi connectivity index (χ2v) is 32.1. The van der Waals surface area contributed by atoms with Crippen LogP contribution in [-0.4, -0.2) is 0 Å². The third-order valence-corrected chi connectivity index (χ3v) is 24.3. The van der Waals surface area contributed by atoms with E-state index in [1.54, 1.807) is 0 Å². The first-order chi connectivity index (χ1) is 52.5. The van der Waals surface area contributed by atoms with Crippen LogP contribution in [0.5, 0.6) is 0 Å². The average Bonchev–Trinajstić information content (AvgIpc) is 1.58. The minimum atomic E-state index is -0.222. The van der Waals surface area contributed by atoms with Crippen LogP contribution in [0.3, 0.4) is 0 Å². The van der Waals surface area contributed by atoms with Crippen LogP contribution in [0.15, 0.2) is 340 Å². The predicted octanol–water partition coefficient (Wildman–Crippen LogP) is 28.9. The van der Waals surface area contributed by atoms with Gasteiger partial charge in [0, 0.05) is 55.8 Å². The first-order valence-corrected chi connectivity index (χ1v) is 38.2. The SMILES string of the molecule is CC1(C)c2ccccc2-c2ccc(N(c3ccc(-c4ccccc4)cc3)c3ccc4c(c3)C(C)(C)c3cc(C=Cc5ccc(-c6ccc(-c7ccc(C=Cc8ccc9c(c8)C(C)(C)c8cc(N(c%10ccc(-c%11ccccc%11)cc%10)c%10ccc%11c(c%10)C(C)(C)c%10ccccc%10-%11)ccc8-9)cc7)cc6)cc5)ccc3-4)cc21. The van der Waals surface area contributed by atoms with Crippen molar-refractivity contribution in [2.45, 2.75) is 77.0 Å². The van der Waals surface area contributed by atoms with Crippen molar-refractivity contribution in [3.63, 3.8) is 0 Å². The zero-order valence-corrected chi connectivity index (χ0v) is 62.5. The number of hydrogen-bond donors (Lipinski definition) is 0. The zero-order valence-electron chi connectivity index (χ0n) is 62.5. The maximum atomic E-state index is 2.46. The Bertz CT molecular complexity index is 5730. The van der Waals surface area contributed by atoms with E-state index >= 15 is 0 Å². The molecular formula is C106H84N2. The number of fused-ring (bicyclic) bond motifs is 12. The lowest BCUT2D eigenvalue weighted by Crippen LogP contribution is -2.18. The summed E-state index contributed by atoms with van der Waals surface area (Å²) in [7, 11) is 0. The van der Waals surface area contributed by atoms with Gasteiger partial charge in [-0.15, -0.1) is 0 Å². The molecule has 15 aromatic rings. The maximum absolute atomic E-state index is 2.46. The van der Waals surface area contributed by atoms with E-state index in [4.69, 9.17) is 0 Å². The monoisotopic (exact) mass is 1380 g/mol. The molecule has 2 nitrogen and oxygen atoms in total. The van der Waals surface area contributed by atoms with Gasteiger partial charge < -0.3 is 9.80 Å². The Kier molecular flexibility index (Phi) is 15.7. The molecule has 4 aliphatic rings. The van der Waals surface area contributed by atoms with Crippen LogP contribution in [0.2, 0.25) is 0 Å². The van der Waals surface area contributed by atoms with E-state index < -0.39 is 0 Å². The lowest BCUT2D eigenvalue weighted by Gasteiger charge is -2.30. The predicted molar refractivity (Wildman–Crippen MR) is 459 cm³/mol. The highest BCUT2D eigenvalue weighted by Gasteiger charge is 2.41. The Hall–Kier alpha value is -12.6. The number of anilines is 6. The van der Waals surface area contributed by atoms with Crippen LogP contribution in [0.4, 0.5) is 34.1 Å². The first kappa shape index (κ1) is 66.1. The smallest absolute Gasteiger partial charge is 0.0465 e. The normalized spacial score (nSPS) is 14.5. The molecule has 15 aromatic carbocycles. The van der Waals surface area contributed by atoms with Crippen molar-refractivity contribution < 1.29 is 0 Å². The second-order valence-electron chi connectivity index (χ2n) is 32.1. The maximum Gasteiger partial charge on any atom is 0.0465 e. The molecule has 0 aliphatic heterocycles. The van der Waals surface area contributed by atoms with Gasteiger partial charge in [0.2, 0.25) is 0 Å². The van der Waals surface area contributed by atoms with Crippen molar-refractivity contribution in [3.05, 3.63) is 406 Å². The fourth-order valence-corrected chi connectivity index (χ4v) is 18.2. The van der Waals surface area contributed by atoms with Gasteiger partial charge in [-0.3, -0.25) is 0 Å². The Labute approximate surface area is 636 Å². The summed E-state index contributed by atoms with van der Waals surface area (Å²) in [6.45, 7) is 19.0. The molecule has 108 heavy (non-hydrogen) atoms. The highest BCUT2D eigenvalue weighted by molar-refractivity contribution is 5.93. The van der Waals surface area contributed by atoms with E-state index in [0.717, 1.165) is 34.1 Å². The molecule has 0 aromatic heterocycles. The summed E-state index contributed by atoms with van der Waals surface area (Å²) >= 11 is 0. The summed E-state index contributed by atoms with van der Waals surface area (Å²) in [5.41, 5.74) is 41.9. The number of rotatable bonds is 14. The highest BCUT2D eigenvalue weighted by Crippen LogP contribution is 2.57. The standard InChI is InChI=1S/C106H84N2/c1-103(2)95-25-17-15-23-87(95)91-59-53-83(65-99(91)103)107(81-49-45-79(46-50-81)73-19-11-9-12-20-73)85-55-61-93-89-57-35-71(63-97(89)105(5,6)101(93)67-85)29-27-69-31-37-75(38-32-69)77-41-43-78(44-42-77)76-39-33-70(34-40-76)28-30-72-36-58-90-94-62-56-86(68-102(94)106(7,8)98(90)64-72)108(82-51-47-80(48-52-82)74-21-13-10-14-22-74)84-54-60-92-88-24-16-18-26-96(88)104(3,4)100(92)66-84/h9-68H,1-8H3. The summed E-state index contributed by atoms with van der Waals surface area (Å²) in [6, 6.07) is 127. The van der Waals surface area contributed by atoms with Crippen LogP contribution in [0.25, 0.3) is 113 Å². The van der Waals surface area contributed by atoms with Gasteiger partial charge in [0.25, 0.3) is 0 Å². The molecule has 19 rings (SSSR count). The van der Waals surface area contributed by atoms with Gasteiger partial charge in [0.1, 0.15) is 0 Å². The van der Waals surface area contributed by atoms with Gasteiger partial charge >= 0.3 is 0 Å². The van der Waals surface area contributed by atoms with Crippen molar-refractivity contribution in [1.29, 1.82) is 0 Å². The van der Waals surface area contributed by atoms with Crippen molar-refractivity contribution >= 4 is 58.4 Å². The van der Waals surface area contributed by atoms with E-state index in [2.05, 4.69) is 429 Å². The molecule has 0 fully saturated rings. The van der Waals surface area contributed by atoms with Gasteiger partial charge in [-0.2, -0.15) is 0 Å². The molecule has 0 saturated heterocycles. The zero-order chi connectivity index (χ0) is 73.2. The third-order valence-electron chi connectivity index (χ3n) is 24.3. The molecule has 4 aliphatic carbocycles. The van der Waals surface area contributed by atoms with Crippen molar-refractivity contribution in [2.24, 2.45) is 0 Å². The van der Waals surface area contributed by atoms with E-state index in [9.17, 15) is 0 Å². The molecule has 0 radical (unpaired) electrons. The average molecular weight is 1390 g/mol. The van der Waals surface area contributed by atoms with Gasteiger partial charge in [0.15, 0.2) is 0 Å². The molecule has 0 heterocycles. The fourth-order valence-electron chi connectivity index (χ4n) is 18.2. The quantitative estimate of drug-likeness (QED) is 0.100. The van der Waals surface area contributed by atoms with Crippen molar-refractivity contribution in [1.82, 2.24) is 0 Å². The van der Waals surface area contributed by atoms with Crippen LogP contribution >= 0.6 is 0 Å². The molecule has 0 bridgehead atoms. The topological polar surface area (TPSA) is 6.48 Å². The Morgan fingerprint density at radius 3 is 0.685 bits per heavy atom. The molecule has 518 valence electrons. The van der Waals surface area contributed by atoms with E-state index in [0.29, 0.717) is 0 Å². The van der Waals surface area contributed by atoms with Crippen molar-refractivity contribution in [2.75, 3.05) is 9.80 Å². The fraction of sp³-hybridized carbons (Fsp3) is 0.113. The van der Waals surface area contributed by atoms with Crippen LogP contribution in [-0.2, 0) is 21.7 Å². The lowest BCUT2D eigenvalue weighted by molar-refractivity contribution is 0.659. The number of nitrogens with zero attached hydrogens (tertiary/aromatic N) is 2. The van der Waals surface area contributed by atoms with Gasteiger partial charge in [-0.1, -0.05) is 347 Å². The minimum absolute atomic E-state index is 0.120. The van der Waals surface area contributed by atoms with E-state index in [1.165, 1.54) is 156 Å². The van der Waals surface area contributed by atoms with Crippen LogP contribution in [0, 0.1) is 0 Å². The van der Waals surface area contributed by atoms with E-state index in [1.807, 2.05) is 0 Å². The van der Waals surface area contributed by atoms with Crippen LogP contribution < -0.4 is 9.80 Å². The summed E-state index contributed by atoms with van der Waals surface area (Å²) in [5.74, 6) is 0. The lowest BCUT2D eigenvalue weighted by atomic mass is 9.81. The molecule has 0 N–H and O–H groups in total. The number of benzene rings is 15. The molecule has 0 saturated carbocycles. The molecule has 0 unspecified atom stereocenters. The van der Waals surface area contributed by atoms with Gasteiger partial charge in [0.05, 0.1) is 0 Å². The summed E-state index contributed by atoms with van der Waals surface area (Å²) < 4.78 is 0. The van der Waals surface area contributed by atoms with Gasteiger partial charge in [-0.25, -0.2) is 0 Å². The van der Waals surface area contributed by atoms with E-state index in [-0.39, 0.29) is 21.7 Å². The second kappa shape index (κ2) is 25.6. The first-order valence-electron chi connectivity index (χ1n) is 38.2. The molecule has 0 atom stereocenters. The highest BCUT2D eigenvalue weighted by atomic mass is 15.1. The Morgan fingerprint density at radius 2 is 0.370 bits per heavy atom. The minimum Gasteiger partial charge on any atom is -0.310 e. The molecule has 0 spiro atoms. The molecule has 2 heteroatoms. The number of hydrogen-bond acceptors (Lipinski definition) is 2. The summed E-state index contributed by atoms with van der Waals surface area (Å²) in [6.07, 6.45) is 9.02.